The third-order valence-corrected chi connectivity index (χ3v) is 2.82. The zero-order chi connectivity index (χ0) is 14.0. The second-order valence-corrected chi connectivity index (χ2v) is 4.87. The molecule has 0 aliphatic rings. The van der Waals surface area contributed by atoms with Gasteiger partial charge in [-0.2, -0.15) is 5.10 Å². The number of amides is 1. The second kappa shape index (κ2) is 5.54. The van der Waals surface area contributed by atoms with Crippen molar-refractivity contribution >= 4 is 34.8 Å². The van der Waals surface area contributed by atoms with E-state index < -0.39 is 5.91 Å². The van der Waals surface area contributed by atoms with Crippen molar-refractivity contribution < 1.29 is 4.79 Å². The molecule has 2 aromatic heterocycles. The quantitative estimate of drug-likeness (QED) is 0.946. The van der Waals surface area contributed by atoms with E-state index in [9.17, 15) is 4.79 Å². The molecule has 0 aliphatic heterocycles. The molecule has 2 heterocycles. The third kappa shape index (κ3) is 3.21. The average Bonchev–Trinajstić information content (AvgIpc) is 2.80. The number of nitrogens with one attached hydrogen (secondary N) is 1. The average molecular weight is 300 g/mol. The predicted octanol–water partition coefficient (Wildman–Crippen LogP) is 2.81. The molecule has 0 saturated carbocycles. The van der Waals surface area contributed by atoms with Crippen LogP contribution in [0.1, 0.15) is 30.2 Å². The minimum Gasteiger partial charge on any atom is -0.319 e. The predicted molar refractivity (Wildman–Crippen MR) is 72.6 cm³/mol. The Morgan fingerprint density at radius 2 is 2.11 bits per heavy atom. The molecule has 19 heavy (non-hydrogen) atoms. The maximum atomic E-state index is 12.0. The molecule has 6 nitrogen and oxygen atoms in total. The standard InChI is InChI=1S/C11H11Cl2N5O/c1-6(2)18-5-7(4-14-18)15-11(19)8-3-9(12)16-17-10(8)13/h3-6H,1-2H3,(H,15,19). The summed E-state index contributed by atoms with van der Waals surface area (Å²) in [5.74, 6) is -0.412. The van der Waals surface area contributed by atoms with E-state index in [1.54, 1.807) is 17.1 Å². The van der Waals surface area contributed by atoms with Crippen LogP contribution in [0.25, 0.3) is 0 Å². The number of carbonyl (C=O) groups excluding carboxylic acids is 1. The summed E-state index contributed by atoms with van der Waals surface area (Å²) in [4.78, 5) is 12.0. The van der Waals surface area contributed by atoms with Gasteiger partial charge in [0.25, 0.3) is 5.91 Å². The molecule has 0 radical (unpaired) electrons. The highest BCUT2D eigenvalue weighted by Crippen LogP contribution is 2.17. The van der Waals surface area contributed by atoms with Gasteiger partial charge >= 0.3 is 0 Å². The number of carbonyl (C=O) groups is 1. The van der Waals surface area contributed by atoms with Crippen molar-refractivity contribution in [2.24, 2.45) is 0 Å². The zero-order valence-corrected chi connectivity index (χ0v) is 11.8. The van der Waals surface area contributed by atoms with E-state index in [4.69, 9.17) is 23.2 Å². The highest BCUT2D eigenvalue weighted by atomic mass is 35.5. The normalized spacial score (nSPS) is 10.8. The van der Waals surface area contributed by atoms with Crippen molar-refractivity contribution in [3.8, 4) is 0 Å². The molecule has 0 bridgehead atoms. The summed E-state index contributed by atoms with van der Waals surface area (Å²) in [6.45, 7) is 3.98. The van der Waals surface area contributed by atoms with Crippen molar-refractivity contribution in [2.45, 2.75) is 19.9 Å². The maximum Gasteiger partial charge on any atom is 0.259 e. The van der Waals surface area contributed by atoms with E-state index in [1.165, 1.54) is 6.07 Å². The summed E-state index contributed by atoms with van der Waals surface area (Å²) in [7, 11) is 0. The molecule has 0 unspecified atom stereocenters. The number of hydrogen-bond acceptors (Lipinski definition) is 4. The Kier molecular flexibility index (Phi) is 4.01. The summed E-state index contributed by atoms with van der Waals surface area (Å²) in [6.07, 6.45) is 3.29. The largest absolute Gasteiger partial charge is 0.319 e. The topological polar surface area (TPSA) is 72.7 Å². The van der Waals surface area contributed by atoms with Gasteiger partial charge in [-0.25, -0.2) is 0 Å². The first kappa shape index (κ1) is 13.8. The number of anilines is 1. The summed E-state index contributed by atoms with van der Waals surface area (Å²) in [6, 6.07) is 1.57. The van der Waals surface area contributed by atoms with Gasteiger partial charge in [0, 0.05) is 12.2 Å². The minimum atomic E-state index is -0.412. The highest BCUT2D eigenvalue weighted by molar-refractivity contribution is 6.34. The summed E-state index contributed by atoms with van der Waals surface area (Å²) >= 11 is 11.5. The molecular weight excluding hydrogens is 289 g/mol. The summed E-state index contributed by atoms with van der Waals surface area (Å²) in [5.41, 5.74) is 0.738. The van der Waals surface area contributed by atoms with Crippen LogP contribution in [0.5, 0.6) is 0 Å². The van der Waals surface area contributed by atoms with Gasteiger partial charge in [0.05, 0.1) is 17.4 Å². The van der Waals surface area contributed by atoms with E-state index in [0.29, 0.717) is 5.69 Å². The van der Waals surface area contributed by atoms with E-state index in [-0.39, 0.29) is 21.9 Å². The lowest BCUT2D eigenvalue weighted by Gasteiger charge is -2.05. The highest BCUT2D eigenvalue weighted by Gasteiger charge is 2.14. The van der Waals surface area contributed by atoms with E-state index in [0.717, 1.165) is 0 Å². The van der Waals surface area contributed by atoms with Gasteiger partial charge in [0.1, 0.15) is 0 Å². The van der Waals surface area contributed by atoms with Crippen LogP contribution in [0.4, 0.5) is 5.69 Å². The fourth-order valence-electron chi connectivity index (χ4n) is 1.40. The fraction of sp³-hybridized carbons (Fsp3) is 0.273. The SMILES string of the molecule is CC(C)n1cc(NC(=O)c2cc(Cl)nnc2Cl)cn1. The minimum absolute atomic E-state index is 0.00171. The number of halogens is 2. The van der Waals surface area contributed by atoms with Crippen LogP contribution in [-0.4, -0.2) is 25.9 Å². The van der Waals surface area contributed by atoms with Gasteiger partial charge in [-0.3, -0.25) is 9.48 Å². The molecule has 100 valence electrons. The Balaban J connectivity index is 2.18. The van der Waals surface area contributed by atoms with Crippen molar-refractivity contribution in [1.29, 1.82) is 0 Å². The van der Waals surface area contributed by atoms with Gasteiger partial charge < -0.3 is 5.32 Å². The lowest BCUT2D eigenvalue weighted by Crippen LogP contribution is -2.13. The molecule has 1 N–H and O–H groups in total. The second-order valence-electron chi connectivity index (χ2n) is 4.13. The number of rotatable bonds is 3. The van der Waals surface area contributed by atoms with Gasteiger partial charge in [0.2, 0.25) is 0 Å². The number of hydrogen-bond donors (Lipinski definition) is 1. The number of aromatic nitrogens is 4. The molecule has 1 amide bonds. The maximum absolute atomic E-state index is 12.0. The van der Waals surface area contributed by atoms with Gasteiger partial charge in [-0.1, -0.05) is 23.2 Å². The van der Waals surface area contributed by atoms with Crippen LogP contribution in [0.15, 0.2) is 18.5 Å². The van der Waals surface area contributed by atoms with Crippen LogP contribution in [-0.2, 0) is 0 Å². The van der Waals surface area contributed by atoms with Crippen molar-refractivity contribution in [1.82, 2.24) is 20.0 Å². The van der Waals surface area contributed by atoms with Gasteiger partial charge in [-0.05, 0) is 19.9 Å². The molecular formula is C11H11Cl2N5O. The molecule has 0 aliphatic carbocycles. The Morgan fingerprint density at radius 1 is 1.37 bits per heavy atom. The number of nitrogens with zero attached hydrogens (tertiary/aromatic N) is 4. The Bertz CT molecular complexity index is 611. The molecule has 0 saturated heterocycles. The Labute approximate surface area is 119 Å². The molecule has 0 fully saturated rings. The monoisotopic (exact) mass is 299 g/mol. The van der Waals surface area contributed by atoms with E-state index >= 15 is 0 Å². The molecule has 0 aromatic carbocycles. The van der Waals surface area contributed by atoms with Crippen molar-refractivity contribution in [3.05, 3.63) is 34.3 Å². The van der Waals surface area contributed by atoms with Crippen LogP contribution in [0, 0.1) is 0 Å². The third-order valence-electron chi connectivity index (χ3n) is 2.35. The van der Waals surface area contributed by atoms with Crippen molar-refractivity contribution in [2.75, 3.05) is 5.32 Å². The Morgan fingerprint density at radius 3 is 2.74 bits per heavy atom. The molecule has 2 rings (SSSR count). The lowest BCUT2D eigenvalue weighted by molar-refractivity contribution is 0.102. The molecule has 8 heteroatoms. The van der Waals surface area contributed by atoms with Gasteiger partial charge in [0.15, 0.2) is 10.3 Å². The van der Waals surface area contributed by atoms with Crippen molar-refractivity contribution in [3.63, 3.8) is 0 Å². The van der Waals surface area contributed by atoms with Crippen LogP contribution in [0.3, 0.4) is 0 Å². The lowest BCUT2D eigenvalue weighted by atomic mass is 10.3. The molecule has 0 atom stereocenters. The van der Waals surface area contributed by atoms with Crippen LogP contribution < -0.4 is 5.32 Å². The Hall–Kier alpha value is -1.66. The molecule has 0 spiro atoms. The molecule has 2 aromatic rings. The smallest absolute Gasteiger partial charge is 0.259 e. The summed E-state index contributed by atoms with van der Waals surface area (Å²) < 4.78 is 1.73. The van der Waals surface area contributed by atoms with E-state index in [1.807, 2.05) is 13.8 Å². The van der Waals surface area contributed by atoms with Crippen LogP contribution >= 0.6 is 23.2 Å². The zero-order valence-electron chi connectivity index (χ0n) is 10.3. The fourth-order valence-corrected chi connectivity index (χ4v) is 1.72. The first-order chi connectivity index (χ1) is 8.97. The summed E-state index contributed by atoms with van der Waals surface area (Å²) in [5, 5.41) is 14.0. The first-order valence-electron chi connectivity index (χ1n) is 5.51. The first-order valence-corrected chi connectivity index (χ1v) is 6.27. The van der Waals surface area contributed by atoms with E-state index in [2.05, 4.69) is 20.6 Å². The van der Waals surface area contributed by atoms with Crippen LogP contribution in [0.2, 0.25) is 10.3 Å². The van der Waals surface area contributed by atoms with Gasteiger partial charge in [-0.15, -0.1) is 10.2 Å².